The first-order valence-corrected chi connectivity index (χ1v) is 12.8. The zero-order chi connectivity index (χ0) is 24.1. The van der Waals surface area contributed by atoms with Crippen LogP contribution in [0.5, 0.6) is 0 Å². The largest absolute Gasteiger partial charge is 0.344 e. The van der Waals surface area contributed by atoms with E-state index in [2.05, 4.69) is 4.90 Å². The number of benzene rings is 2. The summed E-state index contributed by atoms with van der Waals surface area (Å²) in [5, 5.41) is 0. The monoisotopic (exact) mass is 472 g/mol. The molecule has 7 heteroatoms. The van der Waals surface area contributed by atoms with Crippen molar-refractivity contribution < 1.29 is 14.4 Å². The van der Waals surface area contributed by atoms with Gasteiger partial charge in [-0.1, -0.05) is 36.8 Å². The van der Waals surface area contributed by atoms with Gasteiger partial charge in [0.25, 0.3) is 11.8 Å². The van der Waals surface area contributed by atoms with Gasteiger partial charge in [-0.25, -0.2) is 0 Å². The molecule has 0 aliphatic carbocycles. The van der Waals surface area contributed by atoms with E-state index in [0.29, 0.717) is 35.3 Å². The fourth-order valence-electron chi connectivity index (χ4n) is 6.64. The first kappa shape index (κ1) is 22.3. The molecule has 4 heterocycles. The van der Waals surface area contributed by atoms with E-state index in [1.807, 2.05) is 42.3 Å². The summed E-state index contributed by atoms with van der Waals surface area (Å²) in [6.45, 7) is 3.01. The van der Waals surface area contributed by atoms with Crippen molar-refractivity contribution >= 4 is 23.4 Å². The van der Waals surface area contributed by atoms with Crippen molar-refractivity contribution in [2.24, 2.45) is 5.92 Å². The third-order valence-electron chi connectivity index (χ3n) is 8.35. The highest BCUT2D eigenvalue weighted by Crippen LogP contribution is 2.45. The lowest BCUT2D eigenvalue weighted by molar-refractivity contribution is -0.132. The van der Waals surface area contributed by atoms with Crippen molar-refractivity contribution in [2.45, 2.75) is 44.3 Å². The fraction of sp³-hybridized carbons (Fsp3) is 0.464. The van der Waals surface area contributed by atoms with Gasteiger partial charge in [0.1, 0.15) is 12.7 Å². The molecule has 0 saturated carbocycles. The van der Waals surface area contributed by atoms with E-state index in [0.717, 1.165) is 12.0 Å². The third kappa shape index (κ3) is 3.64. The molecule has 0 spiro atoms. The van der Waals surface area contributed by atoms with E-state index >= 15 is 0 Å². The number of nitrogens with zero attached hydrogens (tertiary/aromatic N) is 4. The van der Waals surface area contributed by atoms with E-state index < -0.39 is 6.17 Å². The number of carbonyl (C=O) groups is 3. The van der Waals surface area contributed by atoms with Gasteiger partial charge in [-0.15, -0.1) is 0 Å². The Morgan fingerprint density at radius 1 is 0.914 bits per heavy atom. The molecule has 0 unspecified atom stereocenters. The smallest absolute Gasteiger partial charge is 0.260 e. The summed E-state index contributed by atoms with van der Waals surface area (Å²) in [4.78, 5) is 48.2. The summed E-state index contributed by atoms with van der Waals surface area (Å²) in [6.07, 6.45) is 5.48. The summed E-state index contributed by atoms with van der Waals surface area (Å²) >= 11 is 0. The number of amides is 3. The maximum Gasteiger partial charge on any atom is 0.260 e. The predicted octanol–water partition coefficient (Wildman–Crippen LogP) is 3.52. The number of carbonyl (C=O) groups excluding carboxylic acids is 3. The van der Waals surface area contributed by atoms with Crippen LogP contribution in [0, 0.1) is 5.92 Å². The van der Waals surface area contributed by atoms with Crippen LogP contribution in [0.25, 0.3) is 0 Å². The average molecular weight is 473 g/mol. The molecule has 2 aromatic rings. The lowest BCUT2D eigenvalue weighted by Gasteiger charge is -2.45. The molecular formula is C28H32N4O3. The Bertz CT molecular complexity index is 1180. The molecule has 182 valence electrons. The summed E-state index contributed by atoms with van der Waals surface area (Å²) in [5.74, 6) is 0.0590. The molecule has 3 atom stereocenters. The Balaban J connectivity index is 1.26. The Morgan fingerprint density at radius 2 is 1.66 bits per heavy atom. The van der Waals surface area contributed by atoms with Gasteiger partial charge in [-0.05, 0) is 62.9 Å². The highest BCUT2D eigenvalue weighted by atomic mass is 16.2. The van der Waals surface area contributed by atoms with E-state index in [4.69, 9.17) is 0 Å². The lowest BCUT2D eigenvalue weighted by Crippen LogP contribution is -2.54. The normalized spacial score (nSPS) is 25.6. The van der Waals surface area contributed by atoms with Gasteiger partial charge in [-0.2, -0.15) is 0 Å². The Labute approximate surface area is 206 Å². The summed E-state index contributed by atoms with van der Waals surface area (Å²) in [6, 6.07) is 15.2. The topological polar surface area (TPSA) is 64.2 Å². The summed E-state index contributed by atoms with van der Waals surface area (Å²) in [7, 11) is 1.86. The molecule has 0 N–H and O–H groups in total. The molecule has 0 aromatic heterocycles. The SMILES string of the molecule is CN(C[C@@H]1CCCN2CCCC[C@H]12)C(=O)CN1C(=O)c2ccccc2N2C(=O)c3ccccc3[C@@H]12. The first-order chi connectivity index (χ1) is 17.0. The van der Waals surface area contributed by atoms with Gasteiger partial charge in [0.2, 0.25) is 5.91 Å². The van der Waals surface area contributed by atoms with Crippen LogP contribution in [-0.2, 0) is 4.79 Å². The lowest BCUT2D eigenvalue weighted by atomic mass is 9.83. The van der Waals surface area contributed by atoms with E-state index in [1.54, 1.807) is 28.0 Å². The second-order valence-corrected chi connectivity index (χ2v) is 10.4. The molecule has 2 aromatic carbocycles. The van der Waals surface area contributed by atoms with Crippen molar-refractivity contribution in [3.8, 4) is 0 Å². The number of hydrogen-bond acceptors (Lipinski definition) is 4. The van der Waals surface area contributed by atoms with Gasteiger partial charge in [0, 0.05) is 30.8 Å². The molecule has 2 saturated heterocycles. The number of piperidine rings is 2. The van der Waals surface area contributed by atoms with Crippen molar-refractivity contribution in [3.05, 3.63) is 65.2 Å². The Hall–Kier alpha value is -3.19. The molecular weight excluding hydrogens is 440 g/mol. The average Bonchev–Trinajstić information content (AvgIpc) is 3.19. The van der Waals surface area contributed by atoms with Crippen LogP contribution in [0.3, 0.4) is 0 Å². The van der Waals surface area contributed by atoms with Crippen molar-refractivity contribution in [3.63, 3.8) is 0 Å². The van der Waals surface area contributed by atoms with Crippen LogP contribution < -0.4 is 4.90 Å². The number of hydrogen-bond donors (Lipinski definition) is 0. The van der Waals surface area contributed by atoms with Crippen molar-refractivity contribution in [2.75, 3.05) is 38.1 Å². The second kappa shape index (κ2) is 8.79. The minimum Gasteiger partial charge on any atom is -0.344 e. The van der Waals surface area contributed by atoms with E-state index in [9.17, 15) is 14.4 Å². The Kier molecular flexibility index (Phi) is 5.60. The van der Waals surface area contributed by atoms with Crippen molar-refractivity contribution in [1.82, 2.24) is 14.7 Å². The van der Waals surface area contributed by atoms with Gasteiger partial charge >= 0.3 is 0 Å². The van der Waals surface area contributed by atoms with E-state index in [1.165, 1.54) is 38.8 Å². The highest BCUT2D eigenvalue weighted by Gasteiger charge is 2.48. The third-order valence-corrected chi connectivity index (χ3v) is 8.35. The molecule has 2 fully saturated rings. The summed E-state index contributed by atoms with van der Waals surface area (Å²) < 4.78 is 0. The maximum absolute atomic E-state index is 13.6. The highest BCUT2D eigenvalue weighted by molar-refractivity contribution is 6.17. The second-order valence-electron chi connectivity index (χ2n) is 10.4. The number of likely N-dealkylation sites (N-methyl/N-ethyl adjacent to an activating group) is 1. The standard InChI is InChI=1S/C28H32N4O3/c1-29(17-19-9-8-16-30-15-7-6-13-23(19)30)25(33)18-31-26-20-10-2-3-11-21(20)28(35)32(26)24-14-5-4-12-22(24)27(31)34/h2-5,10-12,14,19,23,26H,6-9,13,15-18H2,1H3/t19-,23+,26-/m0/s1. The minimum absolute atomic E-state index is 0.0481. The van der Waals surface area contributed by atoms with Crippen LogP contribution in [0.15, 0.2) is 48.5 Å². The van der Waals surface area contributed by atoms with Gasteiger partial charge in [-0.3, -0.25) is 19.3 Å². The molecule has 0 bridgehead atoms. The van der Waals surface area contributed by atoms with Crippen LogP contribution in [0.2, 0.25) is 0 Å². The molecule has 6 rings (SSSR count). The Morgan fingerprint density at radius 3 is 2.51 bits per heavy atom. The number of anilines is 1. The first-order valence-electron chi connectivity index (χ1n) is 12.8. The van der Waals surface area contributed by atoms with Gasteiger partial charge in [0.05, 0.1) is 11.3 Å². The number of fused-ring (bicyclic) bond motifs is 6. The predicted molar refractivity (Wildman–Crippen MR) is 133 cm³/mol. The fourth-order valence-corrected chi connectivity index (χ4v) is 6.64. The van der Waals surface area contributed by atoms with Crippen LogP contribution in [-0.4, -0.2) is 71.7 Å². The van der Waals surface area contributed by atoms with Crippen molar-refractivity contribution in [1.29, 1.82) is 0 Å². The molecule has 35 heavy (non-hydrogen) atoms. The summed E-state index contributed by atoms with van der Waals surface area (Å²) in [5.41, 5.74) is 2.44. The molecule has 4 aliphatic rings. The molecule has 4 aliphatic heterocycles. The van der Waals surface area contributed by atoms with E-state index in [-0.39, 0.29) is 24.3 Å². The number of para-hydroxylation sites is 1. The zero-order valence-electron chi connectivity index (χ0n) is 20.2. The number of rotatable bonds is 4. The molecule has 0 radical (unpaired) electrons. The minimum atomic E-state index is -0.595. The zero-order valence-corrected chi connectivity index (χ0v) is 20.2. The van der Waals surface area contributed by atoms with Gasteiger partial charge in [0.15, 0.2) is 0 Å². The van der Waals surface area contributed by atoms with Crippen LogP contribution in [0.4, 0.5) is 5.69 Å². The molecule has 3 amide bonds. The maximum atomic E-state index is 13.6. The molecule has 7 nitrogen and oxygen atoms in total. The van der Waals surface area contributed by atoms with Crippen LogP contribution in [0.1, 0.15) is 64.5 Å². The van der Waals surface area contributed by atoms with Crippen LogP contribution >= 0.6 is 0 Å². The van der Waals surface area contributed by atoms with Gasteiger partial charge < -0.3 is 14.7 Å². The quantitative estimate of drug-likeness (QED) is 0.683.